The molecule has 0 saturated heterocycles. The van der Waals surface area contributed by atoms with Gasteiger partial charge in [0.2, 0.25) is 17.3 Å². The van der Waals surface area contributed by atoms with Crippen LogP contribution in [0.3, 0.4) is 0 Å². The molecule has 1 aromatic rings. The maximum atomic E-state index is 13.0. The summed E-state index contributed by atoms with van der Waals surface area (Å²) in [6, 6.07) is 2.08. The number of rotatable bonds is 1. The van der Waals surface area contributed by atoms with Crippen molar-refractivity contribution in [2.45, 2.75) is 0 Å². The maximum Gasteiger partial charge on any atom is 0.346 e. The van der Waals surface area contributed by atoms with Crippen molar-refractivity contribution >= 4 is 11.5 Å². The van der Waals surface area contributed by atoms with Gasteiger partial charge in [-0.1, -0.05) is 0 Å². The first-order valence-electron chi connectivity index (χ1n) is 3.74. The predicted octanol–water partition coefficient (Wildman–Crippen LogP) is 1.31. The van der Waals surface area contributed by atoms with Crippen molar-refractivity contribution in [3.05, 3.63) is 33.6 Å². The maximum absolute atomic E-state index is 13.0. The molecule has 0 fully saturated rings. The van der Waals surface area contributed by atoms with Crippen LogP contribution in [0.25, 0.3) is 0 Å². The number of Topliss-reactive ketones (excluding diaryl/α,β-unsaturated/α-hetero) is 1. The lowest BCUT2D eigenvalue weighted by Gasteiger charge is -1.99. The summed E-state index contributed by atoms with van der Waals surface area (Å²) >= 11 is 0. The first-order valence-corrected chi connectivity index (χ1v) is 3.74. The van der Waals surface area contributed by atoms with E-state index in [9.17, 15) is 19.3 Å². The molecule has 5 nitrogen and oxygen atoms in total. The Morgan fingerprint density at radius 1 is 1.50 bits per heavy atom. The summed E-state index contributed by atoms with van der Waals surface area (Å²) in [6.45, 7) is -0.264. The van der Waals surface area contributed by atoms with E-state index in [1.54, 1.807) is 0 Å². The molecule has 0 unspecified atom stereocenters. The monoisotopic (exact) mass is 197 g/mol. The average molecular weight is 197 g/mol. The summed E-state index contributed by atoms with van der Waals surface area (Å²) in [5, 5.41) is 10.5. The van der Waals surface area contributed by atoms with Crippen LogP contribution in [0.2, 0.25) is 0 Å². The Kier molecular flexibility index (Phi) is 1.70. The van der Waals surface area contributed by atoms with Crippen molar-refractivity contribution in [3.63, 3.8) is 0 Å². The third kappa shape index (κ3) is 1.04. The van der Waals surface area contributed by atoms with Gasteiger partial charge in [-0.3, -0.25) is 14.9 Å². The molecule has 2 rings (SSSR count). The van der Waals surface area contributed by atoms with E-state index in [2.05, 4.69) is 0 Å². The second kappa shape index (κ2) is 2.76. The van der Waals surface area contributed by atoms with E-state index >= 15 is 0 Å². The van der Waals surface area contributed by atoms with E-state index in [1.165, 1.54) is 6.07 Å². The lowest BCUT2D eigenvalue weighted by atomic mass is 10.1. The molecular weight excluding hydrogens is 193 g/mol. The van der Waals surface area contributed by atoms with E-state index in [1.807, 2.05) is 0 Å². The Morgan fingerprint density at radius 3 is 2.86 bits per heavy atom. The van der Waals surface area contributed by atoms with Crippen LogP contribution < -0.4 is 4.74 Å². The van der Waals surface area contributed by atoms with E-state index in [4.69, 9.17) is 4.74 Å². The van der Waals surface area contributed by atoms with Crippen molar-refractivity contribution in [1.82, 2.24) is 0 Å². The van der Waals surface area contributed by atoms with E-state index in [-0.39, 0.29) is 23.7 Å². The first-order chi connectivity index (χ1) is 6.61. The number of ether oxygens (including phenoxy) is 1. The fraction of sp³-hybridized carbons (Fsp3) is 0.125. The molecule has 0 aliphatic carbocycles. The van der Waals surface area contributed by atoms with Gasteiger partial charge in [-0.05, 0) is 12.1 Å². The van der Waals surface area contributed by atoms with Crippen molar-refractivity contribution in [3.8, 4) is 5.75 Å². The zero-order valence-corrected chi connectivity index (χ0v) is 6.82. The minimum Gasteiger partial charge on any atom is -0.478 e. The van der Waals surface area contributed by atoms with Crippen LogP contribution in [-0.4, -0.2) is 17.3 Å². The zero-order chi connectivity index (χ0) is 10.3. The Bertz CT molecular complexity index is 443. The number of ketones is 1. The summed E-state index contributed by atoms with van der Waals surface area (Å²) in [5.41, 5.74) is -0.702. The van der Waals surface area contributed by atoms with Crippen LogP contribution in [0, 0.1) is 15.9 Å². The summed E-state index contributed by atoms with van der Waals surface area (Å²) < 4.78 is 17.7. The zero-order valence-electron chi connectivity index (χ0n) is 6.82. The number of hydrogen-bond acceptors (Lipinski definition) is 4. The number of benzene rings is 1. The highest BCUT2D eigenvalue weighted by Gasteiger charge is 2.32. The molecule has 0 bridgehead atoms. The highest BCUT2D eigenvalue weighted by molar-refractivity contribution is 6.03. The quantitative estimate of drug-likeness (QED) is 0.502. The van der Waals surface area contributed by atoms with Crippen LogP contribution in [0.5, 0.6) is 5.75 Å². The molecule has 0 spiro atoms. The topological polar surface area (TPSA) is 69.4 Å². The Hall–Kier alpha value is -1.98. The molecule has 1 aliphatic heterocycles. The van der Waals surface area contributed by atoms with Gasteiger partial charge in [-0.15, -0.1) is 0 Å². The van der Waals surface area contributed by atoms with Gasteiger partial charge in [0.15, 0.2) is 6.61 Å². The third-order valence-electron chi connectivity index (χ3n) is 1.91. The first kappa shape index (κ1) is 8.61. The fourth-order valence-electron chi connectivity index (χ4n) is 1.30. The second-order valence-corrected chi connectivity index (χ2v) is 2.74. The highest BCUT2D eigenvalue weighted by Crippen LogP contribution is 2.36. The molecule has 1 aliphatic rings. The van der Waals surface area contributed by atoms with Crippen LogP contribution in [0.1, 0.15) is 10.4 Å². The Labute approximate surface area is 77.2 Å². The smallest absolute Gasteiger partial charge is 0.346 e. The van der Waals surface area contributed by atoms with Gasteiger partial charge in [-0.25, -0.2) is 0 Å². The number of nitro benzene ring substituents is 1. The molecule has 0 radical (unpaired) electrons. The van der Waals surface area contributed by atoms with E-state index < -0.39 is 16.4 Å². The Morgan fingerprint density at radius 2 is 2.21 bits per heavy atom. The normalized spacial score (nSPS) is 13.6. The van der Waals surface area contributed by atoms with Gasteiger partial charge in [0.05, 0.1) is 10.5 Å². The fourth-order valence-corrected chi connectivity index (χ4v) is 1.30. The summed E-state index contributed by atoms with van der Waals surface area (Å²) in [7, 11) is 0. The van der Waals surface area contributed by atoms with Crippen LogP contribution >= 0.6 is 0 Å². The summed E-state index contributed by atoms with van der Waals surface area (Å²) in [4.78, 5) is 20.6. The lowest BCUT2D eigenvalue weighted by molar-refractivity contribution is -0.388. The van der Waals surface area contributed by atoms with Crippen LogP contribution in [0.4, 0.5) is 10.1 Å². The predicted molar refractivity (Wildman–Crippen MR) is 42.9 cm³/mol. The SMILES string of the molecule is O=C1COc2c1ccc(F)c2[N+](=O)[O-]. The molecule has 72 valence electrons. The molecular formula is C8H4FNO4. The molecule has 0 atom stereocenters. The summed E-state index contributed by atoms with van der Waals surface area (Å²) in [5.74, 6) is -1.63. The molecule has 1 aromatic carbocycles. The third-order valence-corrected chi connectivity index (χ3v) is 1.91. The van der Waals surface area contributed by atoms with Gasteiger partial charge >= 0.3 is 5.69 Å². The lowest BCUT2D eigenvalue weighted by Crippen LogP contribution is -1.98. The molecule has 6 heteroatoms. The molecule has 0 amide bonds. The van der Waals surface area contributed by atoms with Gasteiger partial charge in [0, 0.05) is 0 Å². The van der Waals surface area contributed by atoms with Crippen LogP contribution in [-0.2, 0) is 0 Å². The highest BCUT2D eigenvalue weighted by atomic mass is 19.1. The largest absolute Gasteiger partial charge is 0.478 e. The van der Waals surface area contributed by atoms with Crippen molar-refractivity contribution in [2.24, 2.45) is 0 Å². The number of carbonyl (C=O) groups is 1. The molecule has 0 saturated carbocycles. The van der Waals surface area contributed by atoms with E-state index in [0.29, 0.717) is 0 Å². The van der Waals surface area contributed by atoms with Crippen molar-refractivity contribution in [1.29, 1.82) is 0 Å². The minimum atomic E-state index is -0.997. The van der Waals surface area contributed by atoms with Gasteiger partial charge < -0.3 is 4.74 Å². The van der Waals surface area contributed by atoms with Crippen molar-refractivity contribution in [2.75, 3.05) is 6.61 Å². The van der Waals surface area contributed by atoms with E-state index in [0.717, 1.165) is 6.07 Å². The Balaban J connectivity index is 2.71. The number of carbonyl (C=O) groups excluding carboxylic acids is 1. The van der Waals surface area contributed by atoms with Crippen LogP contribution in [0.15, 0.2) is 12.1 Å². The number of fused-ring (bicyclic) bond motifs is 1. The number of nitrogens with zero attached hydrogens (tertiary/aromatic N) is 1. The molecule has 0 aromatic heterocycles. The average Bonchev–Trinajstić information content (AvgIpc) is 2.47. The molecule has 1 heterocycles. The second-order valence-electron chi connectivity index (χ2n) is 2.74. The van der Waals surface area contributed by atoms with Gasteiger partial charge in [0.25, 0.3) is 0 Å². The molecule has 14 heavy (non-hydrogen) atoms. The summed E-state index contributed by atoms with van der Waals surface area (Å²) in [6.07, 6.45) is 0. The standard InChI is InChI=1S/C8H4FNO4/c9-5-2-1-4-6(11)3-14-8(4)7(5)10(12)13/h1-2H,3H2. The number of halogens is 1. The number of hydrogen-bond donors (Lipinski definition) is 0. The number of nitro groups is 1. The van der Waals surface area contributed by atoms with Gasteiger partial charge in [0.1, 0.15) is 0 Å². The minimum absolute atomic E-state index is 0.0677. The molecule has 0 N–H and O–H groups in total. The van der Waals surface area contributed by atoms with Gasteiger partial charge in [-0.2, -0.15) is 4.39 Å². The van der Waals surface area contributed by atoms with Crippen molar-refractivity contribution < 1.29 is 18.8 Å².